The molecule has 0 atom stereocenters. The molecule has 2 rings (SSSR count). The van der Waals surface area contributed by atoms with Gasteiger partial charge in [-0.2, -0.15) is 0 Å². The van der Waals surface area contributed by atoms with Gasteiger partial charge < -0.3 is 11.1 Å². The highest BCUT2D eigenvalue weighted by molar-refractivity contribution is 9.10. The Morgan fingerprint density at radius 1 is 1.55 bits per heavy atom. The lowest BCUT2D eigenvalue weighted by atomic mass is 10.2. The van der Waals surface area contributed by atoms with E-state index in [1.807, 2.05) is 12.3 Å². The highest BCUT2D eigenvalue weighted by Crippen LogP contribution is 2.22. The molecule has 1 aromatic heterocycles. The van der Waals surface area contributed by atoms with Crippen molar-refractivity contribution >= 4 is 38.9 Å². The molecule has 0 aliphatic rings. The minimum atomic E-state index is -0.550. The Bertz CT molecular complexity index is 645. The van der Waals surface area contributed by atoms with Gasteiger partial charge in [-0.25, -0.2) is 9.37 Å². The van der Waals surface area contributed by atoms with Gasteiger partial charge in [-0.3, -0.25) is 4.79 Å². The molecule has 1 aromatic carbocycles. The van der Waals surface area contributed by atoms with E-state index in [4.69, 9.17) is 5.73 Å². The number of nitrogens with two attached hydrogens (primary N) is 1. The Kier molecular flexibility index (Phi) is 4.72. The molecule has 1 amide bonds. The highest BCUT2D eigenvalue weighted by atomic mass is 79.9. The Morgan fingerprint density at radius 2 is 2.30 bits per heavy atom. The largest absolute Gasteiger partial charge is 0.396 e. The molecule has 106 valence electrons. The van der Waals surface area contributed by atoms with Gasteiger partial charge in [-0.05, 0) is 35.0 Å². The van der Waals surface area contributed by atoms with Crippen LogP contribution in [0.2, 0.25) is 0 Å². The highest BCUT2D eigenvalue weighted by Gasteiger charge is 2.13. The van der Waals surface area contributed by atoms with Crippen molar-refractivity contribution in [3.05, 3.63) is 44.1 Å². The lowest BCUT2D eigenvalue weighted by molar-refractivity contribution is 0.0953. The second-order valence-electron chi connectivity index (χ2n) is 4.22. The molecule has 0 saturated carbocycles. The molecular weight excluding hydrogens is 345 g/mol. The van der Waals surface area contributed by atoms with Gasteiger partial charge in [0.1, 0.15) is 5.82 Å². The van der Waals surface area contributed by atoms with E-state index in [0.29, 0.717) is 23.0 Å². The first-order valence-electron chi connectivity index (χ1n) is 5.91. The quantitative estimate of drug-likeness (QED) is 0.826. The lowest BCUT2D eigenvalue weighted by Crippen LogP contribution is -2.26. The third-order valence-corrected chi connectivity index (χ3v) is 4.14. The SMILES string of the molecule is Cc1nc(CCNC(=O)c2cc(N)c(F)cc2Br)cs1. The summed E-state index contributed by atoms with van der Waals surface area (Å²) >= 11 is 4.73. The molecule has 1 heterocycles. The van der Waals surface area contributed by atoms with Gasteiger partial charge >= 0.3 is 0 Å². The number of halogens is 2. The Balaban J connectivity index is 1.97. The van der Waals surface area contributed by atoms with Gasteiger partial charge in [-0.15, -0.1) is 11.3 Å². The van der Waals surface area contributed by atoms with E-state index < -0.39 is 5.82 Å². The summed E-state index contributed by atoms with van der Waals surface area (Å²) in [6.07, 6.45) is 0.657. The molecule has 7 heteroatoms. The molecule has 0 fully saturated rings. The predicted molar refractivity (Wildman–Crippen MR) is 81.4 cm³/mol. The van der Waals surface area contributed by atoms with Crippen LogP contribution in [0.15, 0.2) is 22.0 Å². The molecule has 0 unspecified atom stereocenters. The summed E-state index contributed by atoms with van der Waals surface area (Å²) in [7, 11) is 0. The zero-order valence-electron chi connectivity index (χ0n) is 10.7. The summed E-state index contributed by atoms with van der Waals surface area (Å²) in [5, 5.41) is 5.73. The molecule has 0 aliphatic heterocycles. The number of nitrogen functional groups attached to an aromatic ring is 1. The number of amides is 1. The number of carbonyl (C=O) groups is 1. The average molecular weight is 358 g/mol. The fraction of sp³-hybridized carbons (Fsp3) is 0.231. The zero-order valence-corrected chi connectivity index (χ0v) is 13.1. The van der Waals surface area contributed by atoms with E-state index in [1.54, 1.807) is 11.3 Å². The van der Waals surface area contributed by atoms with E-state index in [0.717, 1.165) is 10.7 Å². The fourth-order valence-corrected chi connectivity index (χ4v) is 2.80. The van der Waals surface area contributed by atoms with Crippen molar-refractivity contribution in [1.29, 1.82) is 0 Å². The molecule has 2 aromatic rings. The molecule has 0 bridgehead atoms. The molecule has 4 nitrogen and oxygen atoms in total. The van der Waals surface area contributed by atoms with Crippen LogP contribution in [0.5, 0.6) is 0 Å². The number of carbonyl (C=O) groups excluding carboxylic acids is 1. The van der Waals surface area contributed by atoms with E-state index in [2.05, 4.69) is 26.2 Å². The Morgan fingerprint density at radius 3 is 2.95 bits per heavy atom. The second kappa shape index (κ2) is 6.32. The van der Waals surface area contributed by atoms with Gasteiger partial charge in [0.15, 0.2) is 0 Å². The van der Waals surface area contributed by atoms with E-state index in [1.165, 1.54) is 12.1 Å². The maximum absolute atomic E-state index is 13.2. The van der Waals surface area contributed by atoms with E-state index in [-0.39, 0.29) is 11.6 Å². The van der Waals surface area contributed by atoms with Gasteiger partial charge in [0.25, 0.3) is 5.91 Å². The smallest absolute Gasteiger partial charge is 0.252 e. The summed E-state index contributed by atoms with van der Waals surface area (Å²) < 4.78 is 13.6. The minimum absolute atomic E-state index is 0.0477. The van der Waals surface area contributed by atoms with Crippen molar-refractivity contribution in [1.82, 2.24) is 10.3 Å². The van der Waals surface area contributed by atoms with Crippen LogP contribution in [-0.2, 0) is 6.42 Å². The summed E-state index contributed by atoms with van der Waals surface area (Å²) in [6.45, 7) is 2.40. The summed E-state index contributed by atoms with van der Waals surface area (Å²) in [5.74, 6) is -0.845. The molecule has 0 aliphatic carbocycles. The number of aromatic nitrogens is 1. The van der Waals surface area contributed by atoms with Crippen LogP contribution in [-0.4, -0.2) is 17.4 Å². The number of thiazole rings is 1. The molecule has 20 heavy (non-hydrogen) atoms. The molecule has 0 spiro atoms. The van der Waals surface area contributed by atoms with Crippen molar-refractivity contribution in [2.24, 2.45) is 0 Å². The monoisotopic (exact) mass is 357 g/mol. The number of hydrogen-bond acceptors (Lipinski definition) is 4. The molecular formula is C13H13BrFN3OS. The van der Waals surface area contributed by atoms with Crippen molar-refractivity contribution in [3.63, 3.8) is 0 Å². The molecule has 0 radical (unpaired) electrons. The maximum Gasteiger partial charge on any atom is 0.252 e. The van der Waals surface area contributed by atoms with Gasteiger partial charge in [0, 0.05) is 22.8 Å². The third kappa shape index (κ3) is 3.55. The third-order valence-electron chi connectivity index (χ3n) is 2.66. The van der Waals surface area contributed by atoms with Crippen LogP contribution in [0.3, 0.4) is 0 Å². The van der Waals surface area contributed by atoms with Crippen LogP contribution in [0.1, 0.15) is 21.1 Å². The first-order chi connectivity index (χ1) is 9.47. The summed E-state index contributed by atoms with van der Waals surface area (Å²) in [6, 6.07) is 2.51. The summed E-state index contributed by atoms with van der Waals surface area (Å²) in [4.78, 5) is 16.3. The Labute approximate surface area is 128 Å². The minimum Gasteiger partial charge on any atom is -0.396 e. The van der Waals surface area contributed by atoms with Gasteiger partial charge in [0.05, 0.1) is 22.0 Å². The number of benzene rings is 1. The average Bonchev–Trinajstić information content (AvgIpc) is 2.79. The van der Waals surface area contributed by atoms with Gasteiger partial charge in [0.2, 0.25) is 0 Å². The van der Waals surface area contributed by atoms with Crippen LogP contribution >= 0.6 is 27.3 Å². The van der Waals surface area contributed by atoms with Crippen LogP contribution in [0.4, 0.5) is 10.1 Å². The topological polar surface area (TPSA) is 68.0 Å². The van der Waals surface area contributed by atoms with E-state index >= 15 is 0 Å². The van der Waals surface area contributed by atoms with Crippen molar-refractivity contribution in [2.75, 3.05) is 12.3 Å². The van der Waals surface area contributed by atoms with E-state index in [9.17, 15) is 9.18 Å². The number of anilines is 1. The predicted octanol–water partition coefficient (Wildman–Crippen LogP) is 2.91. The standard InChI is InChI=1S/C13H13BrFN3OS/c1-7-18-8(6-20-7)2-3-17-13(19)9-4-12(16)11(15)5-10(9)14/h4-6H,2-3,16H2,1H3,(H,17,19). The zero-order chi connectivity index (χ0) is 14.7. The number of rotatable bonds is 4. The number of nitrogens with zero attached hydrogens (tertiary/aromatic N) is 1. The first kappa shape index (κ1) is 14.9. The van der Waals surface area contributed by atoms with Gasteiger partial charge in [-0.1, -0.05) is 0 Å². The van der Waals surface area contributed by atoms with Crippen molar-refractivity contribution < 1.29 is 9.18 Å². The van der Waals surface area contributed by atoms with Crippen LogP contribution in [0, 0.1) is 12.7 Å². The van der Waals surface area contributed by atoms with Crippen molar-refractivity contribution in [3.8, 4) is 0 Å². The van der Waals surface area contributed by atoms with Crippen LogP contribution in [0.25, 0.3) is 0 Å². The number of aryl methyl sites for hydroxylation is 1. The molecule has 0 saturated heterocycles. The molecule has 3 N–H and O–H groups in total. The maximum atomic E-state index is 13.2. The lowest BCUT2D eigenvalue weighted by Gasteiger charge is -2.07. The van der Waals surface area contributed by atoms with Crippen molar-refractivity contribution in [2.45, 2.75) is 13.3 Å². The number of hydrogen-bond donors (Lipinski definition) is 2. The fourth-order valence-electron chi connectivity index (χ4n) is 1.66. The Hall–Kier alpha value is -1.47. The summed E-state index contributed by atoms with van der Waals surface area (Å²) in [5.41, 5.74) is 6.69. The first-order valence-corrected chi connectivity index (χ1v) is 7.58. The number of nitrogens with one attached hydrogen (secondary N) is 1. The normalized spacial score (nSPS) is 10.6. The second-order valence-corrected chi connectivity index (χ2v) is 6.13. The van der Waals surface area contributed by atoms with Crippen LogP contribution < -0.4 is 11.1 Å².